The van der Waals surface area contributed by atoms with Gasteiger partial charge in [-0.1, -0.05) is 29.8 Å². The van der Waals surface area contributed by atoms with E-state index in [-0.39, 0.29) is 0 Å². The fraction of sp³-hybridized carbons (Fsp3) is 0.227. The van der Waals surface area contributed by atoms with Crippen molar-refractivity contribution in [2.45, 2.75) is 25.9 Å². The first-order valence-corrected chi connectivity index (χ1v) is 11.2. The normalized spacial score (nSPS) is 11.0. The number of pyridine rings is 1. The molecule has 0 fully saturated rings. The molecule has 3 N–H and O–H groups in total. The lowest BCUT2D eigenvalue weighted by Gasteiger charge is -2.09. The van der Waals surface area contributed by atoms with Crippen molar-refractivity contribution in [2.24, 2.45) is 0 Å². The molecule has 0 radical (unpaired) electrons. The highest BCUT2D eigenvalue weighted by Crippen LogP contribution is 2.23. The van der Waals surface area contributed by atoms with Gasteiger partial charge in [-0.05, 0) is 52.4 Å². The molecule has 0 aliphatic heterocycles. The van der Waals surface area contributed by atoms with Crippen molar-refractivity contribution < 1.29 is 9.53 Å². The zero-order chi connectivity index (χ0) is 21.6. The van der Waals surface area contributed by atoms with E-state index in [0.717, 1.165) is 24.0 Å². The van der Waals surface area contributed by atoms with Crippen molar-refractivity contribution >= 4 is 45.9 Å². The zero-order valence-corrected chi connectivity index (χ0v) is 18.3. The Balaban J connectivity index is 1.19. The maximum Gasteiger partial charge on any atom is 0.407 e. The predicted molar refractivity (Wildman–Crippen MR) is 124 cm³/mol. The molecule has 1 amide bonds. The molecule has 4 aromatic rings. The van der Waals surface area contributed by atoms with Crippen LogP contribution < -0.4 is 11.1 Å². The Kier molecular flexibility index (Phi) is 6.69. The van der Waals surface area contributed by atoms with E-state index in [0.29, 0.717) is 41.7 Å². The number of amides is 1. The minimum atomic E-state index is -0.421. The highest BCUT2D eigenvalue weighted by atomic mass is 35.5. The summed E-state index contributed by atoms with van der Waals surface area (Å²) < 4.78 is 7.18. The molecule has 0 spiro atoms. The first-order valence-electron chi connectivity index (χ1n) is 9.89. The van der Waals surface area contributed by atoms with Crippen LogP contribution in [-0.4, -0.2) is 27.2 Å². The molecule has 1 aromatic carbocycles. The third-order valence-corrected chi connectivity index (χ3v) is 5.69. The second-order valence-corrected chi connectivity index (χ2v) is 8.22. The molecule has 9 heteroatoms. The fourth-order valence-electron chi connectivity index (χ4n) is 3.25. The first kappa shape index (κ1) is 21.1. The summed E-state index contributed by atoms with van der Waals surface area (Å²) in [6, 6.07) is 11.8. The number of unbranched alkanes of at least 4 members (excludes halogenated alkanes) is 1. The van der Waals surface area contributed by atoms with E-state index in [4.69, 9.17) is 22.1 Å². The smallest absolute Gasteiger partial charge is 0.407 e. The summed E-state index contributed by atoms with van der Waals surface area (Å²) in [6.07, 6.45) is 2.80. The SMILES string of the molecule is Nc1cc(Cl)nc2c1ncn2CCCCOC(=O)NCc1cccc(-c2ccsc2)c1. The number of anilines is 1. The average Bonchev–Trinajstić information content (AvgIpc) is 3.43. The van der Waals surface area contributed by atoms with Crippen LogP contribution in [0, 0.1) is 0 Å². The molecule has 0 aliphatic carbocycles. The maximum atomic E-state index is 12.0. The van der Waals surface area contributed by atoms with E-state index in [1.807, 2.05) is 22.1 Å². The van der Waals surface area contributed by atoms with E-state index in [1.54, 1.807) is 23.7 Å². The van der Waals surface area contributed by atoms with Gasteiger partial charge in [-0.3, -0.25) is 0 Å². The summed E-state index contributed by atoms with van der Waals surface area (Å²) in [4.78, 5) is 20.6. The summed E-state index contributed by atoms with van der Waals surface area (Å²) in [5, 5.41) is 7.29. The van der Waals surface area contributed by atoms with Crippen molar-refractivity contribution in [2.75, 3.05) is 12.3 Å². The van der Waals surface area contributed by atoms with E-state index in [1.165, 1.54) is 5.56 Å². The molecule has 0 aliphatic rings. The number of nitrogen functional groups attached to an aromatic ring is 1. The van der Waals surface area contributed by atoms with Crippen molar-refractivity contribution in [3.63, 3.8) is 0 Å². The van der Waals surface area contributed by atoms with Crippen molar-refractivity contribution in [3.8, 4) is 11.1 Å². The number of carbonyl (C=O) groups is 1. The molecule has 7 nitrogen and oxygen atoms in total. The van der Waals surface area contributed by atoms with Gasteiger partial charge >= 0.3 is 6.09 Å². The number of nitrogens with zero attached hydrogens (tertiary/aromatic N) is 3. The number of aromatic nitrogens is 3. The summed E-state index contributed by atoms with van der Waals surface area (Å²) >= 11 is 7.65. The predicted octanol–water partition coefficient (Wildman–Crippen LogP) is 5.10. The lowest BCUT2D eigenvalue weighted by molar-refractivity contribution is 0.143. The Morgan fingerprint density at radius 2 is 2.13 bits per heavy atom. The Labute approximate surface area is 188 Å². The third kappa shape index (κ3) is 5.34. The monoisotopic (exact) mass is 455 g/mol. The third-order valence-electron chi connectivity index (χ3n) is 4.82. The molecular formula is C22H22ClN5O2S. The lowest BCUT2D eigenvalue weighted by atomic mass is 10.1. The van der Waals surface area contributed by atoms with Gasteiger partial charge in [-0.15, -0.1) is 0 Å². The summed E-state index contributed by atoms with van der Waals surface area (Å²) in [7, 11) is 0. The Hall–Kier alpha value is -3.10. The molecule has 3 heterocycles. The van der Waals surface area contributed by atoms with Gasteiger partial charge in [-0.2, -0.15) is 11.3 Å². The Morgan fingerprint density at radius 3 is 2.97 bits per heavy atom. The van der Waals surface area contributed by atoms with E-state index in [2.05, 4.69) is 38.9 Å². The quantitative estimate of drug-likeness (QED) is 0.284. The number of aryl methyl sites for hydroxylation is 1. The standard InChI is InChI=1S/C22H22ClN5O2S/c23-19-11-18(24)20-21(27-19)28(14-26-20)7-1-2-8-30-22(29)25-12-15-4-3-5-16(10-15)17-6-9-31-13-17/h3-6,9-11,13-14H,1-2,7-8,12H2,(H2,24,27)(H,25,29). The molecule has 0 saturated heterocycles. The minimum Gasteiger partial charge on any atom is -0.450 e. The van der Waals surface area contributed by atoms with Gasteiger partial charge in [0.2, 0.25) is 0 Å². The van der Waals surface area contributed by atoms with E-state index >= 15 is 0 Å². The Morgan fingerprint density at radius 1 is 1.23 bits per heavy atom. The van der Waals surface area contributed by atoms with Crippen LogP contribution in [0.2, 0.25) is 5.15 Å². The van der Waals surface area contributed by atoms with Gasteiger partial charge in [0.1, 0.15) is 10.7 Å². The molecule has 4 rings (SSSR count). The van der Waals surface area contributed by atoms with Gasteiger partial charge in [0.15, 0.2) is 5.65 Å². The van der Waals surface area contributed by atoms with Gasteiger partial charge in [0, 0.05) is 19.2 Å². The number of thiophene rings is 1. The molecule has 31 heavy (non-hydrogen) atoms. The number of carbonyl (C=O) groups excluding carboxylic acids is 1. The first-order chi connectivity index (χ1) is 15.1. The van der Waals surface area contributed by atoms with Crippen LogP contribution in [0.4, 0.5) is 10.5 Å². The zero-order valence-electron chi connectivity index (χ0n) is 16.8. The maximum absolute atomic E-state index is 12.0. The number of hydrogen-bond donors (Lipinski definition) is 2. The number of benzene rings is 1. The number of nitrogens with one attached hydrogen (secondary N) is 1. The number of ether oxygens (including phenoxy) is 1. The number of alkyl carbamates (subject to hydrolysis) is 1. The summed E-state index contributed by atoms with van der Waals surface area (Å²) in [6.45, 7) is 1.44. The Bertz CT molecular complexity index is 1180. The van der Waals surface area contributed by atoms with Crippen LogP contribution in [0.5, 0.6) is 0 Å². The second-order valence-electron chi connectivity index (χ2n) is 7.05. The number of nitrogens with two attached hydrogens (primary N) is 1. The number of halogens is 1. The highest BCUT2D eigenvalue weighted by molar-refractivity contribution is 7.08. The number of imidazole rings is 1. The molecule has 0 unspecified atom stereocenters. The van der Waals surface area contributed by atoms with Crippen LogP contribution >= 0.6 is 22.9 Å². The van der Waals surface area contributed by atoms with Crippen LogP contribution in [0.15, 0.2) is 53.5 Å². The van der Waals surface area contributed by atoms with Crippen LogP contribution in [0.1, 0.15) is 18.4 Å². The van der Waals surface area contributed by atoms with Crippen LogP contribution in [0.25, 0.3) is 22.3 Å². The highest BCUT2D eigenvalue weighted by Gasteiger charge is 2.09. The average molecular weight is 456 g/mol. The number of hydrogen-bond acceptors (Lipinski definition) is 6. The molecule has 0 atom stereocenters. The summed E-state index contributed by atoms with van der Waals surface area (Å²) in [5.41, 5.74) is 11.1. The molecule has 3 aromatic heterocycles. The minimum absolute atomic E-state index is 0.337. The molecular weight excluding hydrogens is 434 g/mol. The van der Waals surface area contributed by atoms with Gasteiger partial charge in [0.05, 0.1) is 18.6 Å². The topological polar surface area (TPSA) is 95.1 Å². The van der Waals surface area contributed by atoms with Crippen molar-refractivity contribution in [1.82, 2.24) is 19.9 Å². The van der Waals surface area contributed by atoms with Crippen molar-refractivity contribution in [3.05, 3.63) is 64.2 Å². The lowest BCUT2D eigenvalue weighted by Crippen LogP contribution is -2.24. The van der Waals surface area contributed by atoms with Gasteiger partial charge in [0.25, 0.3) is 0 Å². The molecule has 0 saturated carbocycles. The van der Waals surface area contributed by atoms with Crippen LogP contribution in [-0.2, 0) is 17.8 Å². The van der Waals surface area contributed by atoms with E-state index in [9.17, 15) is 4.79 Å². The molecule has 0 bridgehead atoms. The van der Waals surface area contributed by atoms with Gasteiger partial charge < -0.3 is 20.4 Å². The van der Waals surface area contributed by atoms with Gasteiger partial charge in [-0.25, -0.2) is 14.8 Å². The van der Waals surface area contributed by atoms with Crippen LogP contribution in [0.3, 0.4) is 0 Å². The largest absolute Gasteiger partial charge is 0.450 e. The second kappa shape index (κ2) is 9.80. The fourth-order valence-corrected chi connectivity index (χ4v) is 4.12. The molecule has 160 valence electrons. The number of fused-ring (bicyclic) bond motifs is 1. The van der Waals surface area contributed by atoms with E-state index < -0.39 is 6.09 Å². The van der Waals surface area contributed by atoms with Crippen molar-refractivity contribution in [1.29, 1.82) is 0 Å². The summed E-state index contributed by atoms with van der Waals surface area (Å²) in [5.74, 6) is 0. The number of rotatable bonds is 8.